The summed E-state index contributed by atoms with van der Waals surface area (Å²) in [5.74, 6) is -6.70. The number of carboxylic acid groups (broad SMARTS) is 2. The summed E-state index contributed by atoms with van der Waals surface area (Å²) < 4.78 is 0. The van der Waals surface area contributed by atoms with Crippen molar-refractivity contribution in [1.29, 1.82) is 0 Å². The molecule has 11 N–H and O–H groups in total. The van der Waals surface area contributed by atoms with E-state index in [0.29, 0.717) is 19.4 Å². The number of hydrogen-bond acceptors (Lipinski definition) is 9. The van der Waals surface area contributed by atoms with Crippen LogP contribution in [0, 0.1) is 11.8 Å². The molecule has 39 heavy (non-hydrogen) atoms. The van der Waals surface area contributed by atoms with Gasteiger partial charge in [0.2, 0.25) is 23.6 Å². The Morgan fingerprint density at radius 1 is 0.744 bits per heavy atom. The maximum absolute atomic E-state index is 13.1. The highest BCUT2D eigenvalue weighted by Gasteiger charge is 2.34. The Bertz CT molecular complexity index is 852. The first-order valence-corrected chi connectivity index (χ1v) is 12.9. The normalized spacial score (nSPS) is 15.0. The molecule has 0 saturated carbocycles. The number of unbranched alkanes of at least 4 members (excludes halogenated alkanes) is 1. The van der Waals surface area contributed by atoms with Crippen molar-refractivity contribution in [3.63, 3.8) is 0 Å². The summed E-state index contributed by atoms with van der Waals surface area (Å²) in [6, 6.07) is -6.52. The fourth-order valence-corrected chi connectivity index (χ4v) is 3.52. The van der Waals surface area contributed by atoms with Gasteiger partial charge in [0.1, 0.15) is 30.2 Å². The van der Waals surface area contributed by atoms with Gasteiger partial charge in [0.25, 0.3) is 0 Å². The average Bonchev–Trinajstić information content (AvgIpc) is 2.83. The number of aliphatic hydroxyl groups is 1. The van der Waals surface area contributed by atoms with Gasteiger partial charge in [0.05, 0.1) is 13.0 Å². The highest BCUT2D eigenvalue weighted by atomic mass is 16.4. The molecule has 0 fully saturated rings. The zero-order valence-electron chi connectivity index (χ0n) is 22.9. The van der Waals surface area contributed by atoms with E-state index in [4.69, 9.17) is 16.6 Å². The van der Waals surface area contributed by atoms with E-state index in [-0.39, 0.29) is 18.8 Å². The molecule has 0 aromatic carbocycles. The standard InChI is InChI=1S/C24H44N6O9/c1-12(2)9-16(28-20(34)14(26)11-31)22(36)30-19(13(3)4)23(37)29-17(10-18(32)33)21(35)27-15(24(38)39)7-5-6-8-25/h12-17,19,31H,5-11,25-26H2,1-4H3,(H,27,35)(H,28,34)(H,29,37)(H,30,36)(H,32,33)(H,38,39)/t14-,15-,16-,17-,19-/m0/s1. The Morgan fingerprint density at radius 2 is 1.28 bits per heavy atom. The number of amides is 4. The SMILES string of the molecule is CC(C)C[C@H](NC(=O)[C@@H](N)CO)C(=O)N[C@H](C(=O)N[C@@H](CC(=O)O)C(=O)N[C@@H](CCCCN)C(=O)O)C(C)C. The number of carbonyl (C=O) groups excluding carboxylic acids is 4. The predicted molar refractivity (Wildman–Crippen MR) is 140 cm³/mol. The van der Waals surface area contributed by atoms with Crippen molar-refractivity contribution in [2.75, 3.05) is 13.2 Å². The van der Waals surface area contributed by atoms with Crippen molar-refractivity contribution in [2.45, 2.75) is 90.0 Å². The molecular formula is C24H44N6O9. The van der Waals surface area contributed by atoms with Crippen molar-refractivity contribution in [1.82, 2.24) is 21.3 Å². The highest BCUT2D eigenvalue weighted by Crippen LogP contribution is 2.09. The van der Waals surface area contributed by atoms with Crippen LogP contribution in [0.4, 0.5) is 0 Å². The number of nitrogens with one attached hydrogen (secondary N) is 4. The van der Waals surface area contributed by atoms with Gasteiger partial charge in [-0.05, 0) is 44.1 Å². The Kier molecular flexibility index (Phi) is 16.5. The molecule has 224 valence electrons. The first-order valence-electron chi connectivity index (χ1n) is 12.9. The fourth-order valence-electron chi connectivity index (χ4n) is 3.52. The Labute approximate surface area is 227 Å². The van der Waals surface area contributed by atoms with Gasteiger partial charge >= 0.3 is 11.9 Å². The molecule has 0 rings (SSSR count). The number of nitrogens with two attached hydrogens (primary N) is 2. The van der Waals surface area contributed by atoms with Crippen LogP contribution in [0.3, 0.4) is 0 Å². The number of carboxylic acids is 2. The average molecular weight is 561 g/mol. The van der Waals surface area contributed by atoms with Gasteiger partial charge in [-0.15, -0.1) is 0 Å². The van der Waals surface area contributed by atoms with Crippen LogP contribution in [0.5, 0.6) is 0 Å². The van der Waals surface area contributed by atoms with Crippen LogP contribution in [-0.4, -0.2) is 94.2 Å². The molecule has 0 aromatic heterocycles. The summed E-state index contributed by atoms with van der Waals surface area (Å²) >= 11 is 0. The minimum Gasteiger partial charge on any atom is -0.481 e. The summed E-state index contributed by atoms with van der Waals surface area (Å²) in [6.07, 6.45) is 0.334. The molecule has 0 aliphatic heterocycles. The smallest absolute Gasteiger partial charge is 0.326 e. The molecule has 0 radical (unpaired) electrons. The molecule has 0 unspecified atom stereocenters. The lowest BCUT2D eigenvalue weighted by Crippen LogP contribution is -2.60. The molecule has 0 spiro atoms. The van der Waals surface area contributed by atoms with Gasteiger partial charge in [-0.2, -0.15) is 0 Å². The van der Waals surface area contributed by atoms with Crippen LogP contribution in [-0.2, 0) is 28.8 Å². The Hall–Kier alpha value is -3.30. The maximum Gasteiger partial charge on any atom is 0.326 e. The van der Waals surface area contributed by atoms with E-state index in [1.807, 2.05) is 0 Å². The third-order valence-electron chi connectivity index (χ3n) is 5.69. The lowest BCUT2D eigenvalue weighted by molar-refractivity contribution is -0.144. The van der Waals surface area contributed by atoms with Crippen LogP contribution < -0.4 is 32.7 Å². The zero-order chi connectivity index (χ0) is 30.3. The maximum atomic E-state index is 13.1. The van der Waals surface area contributed by atoms with E-state index in [1.54, 1.807) is 27.7 Å². The molecule has 0 aliphatic carbocycles. The molecule has 0 aromatic rings. The second-order valence-corrected chi connectivity index (χ2v) is 10.1. The molecular weight excluding hydrogens is 516 g/mol. The van der Waals surface area contributed by atoms with Crippen LogP contribution in [0.25, 0.3) is 0 Å². The first-order chi connectivity index (χ1) is 18.1. The summed E-state index contributed by atoms with van der Waals surface area (Å²) in [5, 5.41) is 37.3. The zero-order valence-corrected chi connectivity index (χ0v) is 22.9. The van der Waals surface area contributed by atoms with E-state index in [1.165, 1.54) is 0 Å². The van der Waals surface area contributed by atoms with E-state index in [9.17, 15) is 39.0 Å². The summed E-state index contributed by atoms with van der Waals surface area (Å²) in [4.78, 5) is 74.0. The fraction of sp³-hybridized carbons (Fsp3) is 0.750. The Balaban J connectivity index is 5.70. The molecule has 0 bridgehead atoms. The number of aliphatic hydroxyl groups excluding tert-OH is 1. The summed E-state index contributed by atoms with van der Waals surface area (Å²) in [5.41, 5.74) is 10.9. The molecule has 4 amide bonds. The number of hydrogen-bond donors (Lipinski definition) is 9. The molecule has 0 saturated heterocycles. The lowest BCUT2D eigenvalue weighted by atomic mass is 9.99. The molecule has 0 heterocycles. The predicted octanol–water partition coefficient (Wildman–Crippen LogP) is -2.36. The van der Waals surface area contributed by atoms with Gasteiger partial charge in [0.15, 0.2) is 0 Å². The number of carbonyl (C=O) groups is 6. The molecule has 15 heteroatoms. The van der Waals surface area contributed by atoms with Gasteiger partial charge in [-0.3, -0.25) is 24.0 Å². The van der Waals surface area contributed by atoms with E-state index < -0.39 is 84.7 Å². The topological polar surface area (TPSA) is 263 Å². The van der Waals surface area contributed by atoms with Gasteiger partial charge in [0, 0.05) is 0 Å². The van der Waals surface area contributed by atoms with E-state index in [0.717, 1.165) is 0 Å². The minimum atomic E-state index is -1.63. The van der Waals surface area contributed by atoms with Crippen molar-refractivity contribution in [3.05, 3.63) is 0 Å². The van der Waals surface area contributed by atoms with Crippen molar-refractivity contribution >= 4 is 35.6 Å². The summed E-state index contributed by atoms with van der Waals surface area (Å²) in [6.45, 7) is 6.51. The molecule has 5 atom stereocenters. The van der Waals surface area contributed by atoms with Gasteiger partial charge < -0.3 is 48.1 Å². The third kappa shape index (κ3) is 13.9. The second kappa shape index (κ2) is 18.1. The van der Waals surface area contributed by atoms with Crippen LogP contribution in [0.2, 0.25) is 0 Å². The number of rotatable bonds is 19. The van der Waals surface area contributed by atoms with Gasteiger partial charge in [-0.25, -0.2) is 4.79 Å². The van der Waals surface area contributed by atoms with Crippen LogP contribution in [0.1, 0.15) is 59.8 Å². The quantitative estimate of drug-likeness (QED) is 0.0754. The molecule has 15 nitrogen and oxygen atoms in total. The minimum absolute atomic E-state index is 0.0478. The van der Waals surface area contributed by atoms with E-state index >= 15 is 0 Å². The number of aliphatic carboxylic acids is 2. The van der Waals surface area contributed by atoms with Crippen molar-refractivity contribution in [3.8, 4) is 0 Å². The highest BCUT2D eigenvalue weighted by molar-refractivity contribution is 5.96. The van der Waals surface area contributed by atoms with Crippen molar-refractivity contribution in [2.24, 2.45) is 23.3 Å². The van der Waals surface area contributed by atoms with E-state index in [2.05, 4.69) is 21.3 Å². The lowest BCUT2D eigenvalue weighted by Gasteiger charge is -2.28. The van der Waals surface area contributed by atoms with Crippen LogP contribution in [0.15, 0.2) is 0 Å². The third-order valence-corrected chi connectivity index (χ3v) is 5.69. The van der Waals surface area contributed by atoms with Crippen LogP contribution >= 0.6 is 0 Å². The first kappa shape index (κ1) is 35.7. The monoisotopic (exact) mass is 560 g/mol. The van der Waals surface area contributed by atoms with Crippen molar-refractivity contribution < 1.29 is 44.1 Å². The Morgan fingerprint density at radius 3 is 1.74 bits per heavy atom. The summed E-state index contributed by atoms with van der Waals surface area (Å²) in [7, 11) is 0. The second-order valence-electron chi connectivity index (χ2n) is 10.1. The largest absolute Gasteiger partial charge is 0.481 e. The molecule has 0 aliphatic rings. The van der Waals surface area contributed by atoms with Gasteiger partial charge in [-0.1, -0.05) is 27.7 Å².